The number of benzene rings is 2. The monoisotopic (exact) mass is 399 g/mol. The maximum atomic E-state index is 13.0. The average molecular weight is 399 g/mol. The number of hydrogen-bond donors (Lipinski definition) is 2. The number of rotatable bonds is 5. The van der Waals surface area contributed by atoms with Crippen LogP contribution >= 0.6 is 0 Å². The Labute approximate surface area is 156 Å². The maximum absolute atomic E-state index is 13.0. The van der Waals surface area contributed by atoms with Gasteiger partial charge in [0.15, 0.2) is 0 Å². The fourth-order valence-corrected chi connectivity index (χ4v) is 4.30. The summed E-state index contributed by atoms with van der Waals surface area (Å²) in [7, 11) is -3.29. The van der Waals surface area contributed by atoms with E-state index in [1.54, 1.807) is 6.07 Å². The van der Waals surface area contributed by atoms with Crippen LogP contribution in [0.3, 0.4) is 0 Å². The van der Waals surface area contributed by atoms with Gasteiger partial charge in [0.25, 0.3) is 0 Å². The second-order valence-electron chi connectivity index (χ2n) is 6.97. The second-order valence-corrected chi connectivity index (χ2v) is 8.75. The minimum absolute atomic E-state index is 0.195. The Hall–Kier alpha value is -1.90. The molecule has 1 atom stereocenters. The highest BCUT2D eigenvalue weighted by atomic mass is 32.2. The van der Waals surface area contributed by atoms with Gasteiger partial charge in [0, 0.05) is 6.04 Å². The van der Waals surface area contributed by atoms with Crippen LogP contribution in [0.4, 0.5) is 13.2 Å². The van der Waals surface area contributed by atoms with E-state index in [2.05, 4.69) is 4.72 Å². The molecule has 0 aromatic heterocycles. The molecule has 0 heterocycles. The molecular formula is C19H20F3NO3S. The Morgan fingerprint density at radius 2 is 1.70 bits per heavy atom. The van der Waals surface area contributed by atoms with Crippen molar-refractivity contribution in [1.82, 2.24) is 4.72 Å². The first-order valence-corrected chi connectivity index (χ1v) is 10.3. The Balaban J connectivity index is 1.82. The third-order valence-corrected chi connectivity index (χ3v) is 5.32. The number of aliphatic hydroxyl groups is 1. The molecule has 1 aliphatic carbocycles. The van der Waals surface area contributed by atoms with Gasteiger partial charge in [0.05, 0.1) is 18.4 Å². The summed E-state index contributed by atoms with van der Waals surface area (Å²) >= 11 is 0. The maximum Gasteiger partial charge on any atom is 0.416 e. The van der Waals surface area contributed by atoms with Crippen molar-refractivity contribution in [3.8, 4) is 0 Å². The van der Waals surface area contributed by atoms with Gasteiger partial charge in [0.1, 0.15) is 0 Å². The Morgan fingerprint density at radius 3 is 2.33 bits per heavy atom. The molecule has 0 spiro atoms. The molecule has 1 aliphatic rings. The van der Waals surface area contributed by atoms with Gasteiger partial charge in [-0.1, -0.05) is 24.3 Å². The van der Waals surface area contributed by atoms with Gasteiger partial charge in [-0.2, -0.15) is 13.2 Å². The fourth-order valence-electron chi connectivity index (χ4n) is 3.52. The van der Waals surface area contributed by atoms with Crippen molar-refractivity contribution in [3.05, 3.63) is 69.8 Å². The molecule has 2 N–H and O–H groups in total. The van der Waals surface area contributed by atoms with Crippen LogP contribution in [0.5, 0.6) is 0 Å². The van der Waals surface area contributed by atoms with Crippen LogP contribution in [0.2, 0.25) is 0 Å². The Bertz CT molecular complexity index is 955. The first kappa shape index (κ1) is 19.9. The lowest BCUT2D eigenvalue weighted by molar-refractivity contribution is -0.137. The summed E-state index contributed by atoms with van der Waals surface area (Å²) in [5, 5.41) is 9.24. The van der Waals surface area contributed by atoms with Gasteiger partial charge in [-0.15, -0.1) is 0 Å². The smallest absolute Gasteiger partial charge is 0.392 e. The number of sulfonamides is 1. The molecule has 3 rings (SSSR count). The van der Waals surface area contributed by atoms with Gasteiger partial charge in [0.2, 0.25) is 10.0 Å². The number of alkyl halides is 3. The number of nitrogens with one attached hydrogen (secondary N) is 1. The zero-order valence-electron chi connectivity index (χ0n) is 14.7. The van der Waals surface area contributed by atoms with Crippen LogP contribution in [-0.4, -0.2) is 25.8 Å². The molecule has 2 aromatic carbocycles. The van der Waals surface area contributed by atoms with E-state index in [1.807, 2.05) is 18.2 Å². The predicted molar refractivity (Wildman–Crippen MR) is 95.8 cm³/mol. The molecule has 0 radical (unpaired) electrons. The minimum Gasteiger partial charge on any atom is -0.392 e. The summed E-state index contributed by atoms with van der Waals surface area (Å²) in [5.74, 6) is 0. The van der Waals surface area contributed by atoms with Crippen LogP contribution in [0, 0.1) is 0 Å². The quantitative estimate of drug-likeness (QED) is 0.813. The topological polar surface area (TPSA) is 66.4 Å². The summed E-state index contributed by atoms with van der Waals surface area (Å²) in [4.78, 5) is 0. The largest absolute Gasteiger partial charge is 0.416 e. The van der Waals surface area contributed by atoms with Crippen LogP contribution in [0.1, 0.15) is 33.4 Å². The number of aliphatic hydroxyl groups excluding tert-OH is 1. The molecule has 2 aromatic rings. The molecule has 0 aliphatic heterocycles. The van der Waals surface area contributed by atoms with Crippen LogP contribution < -0.4 is 4.72 Å². The first-order valence-electron chi connectivity index (χ1n) is 8.42. The van der Waals surface area contributed by atoms with E-state index in [0.29, 0.717) is 24.8 Å². The van der Waals surface area contributed by atoms with E-state index in [-0.39, 0.29) is 11.6 Å². The lowest BCUT2D eigenvalue weighted by atomic mass is 9.97. The number of hydrogen-bond acceptors (Lipinski definition) is 3. The predicted octanol–water partition coefficient (Wildman–Crippen LogP) is 2.80. The zero-order valence-corrected chi connectivity index (χ0v) is 15.5. The Morgan fingerprint density at radius 1 is 1.04 bits per heavy atom. The van der Waals surface area contributed by atoms with Crippen molar-refractivity contribution in [2.75, 3.05) is 6.26 Å². The van der Waals surface area contributed by atoms with Crippen molar-refractivity contribution in [1.29, 1.82) is 0 Å². The van der Waals surface area contributed by atoms with E-state index in [9.17, 15) is 26.7 Å². The average Bonchev–Trinajstić information content (AvgIpc) is 2.93. The second kappa shape index (κ2) is 7.26. The third-order valence-electron chi connectivity index (χ3n) is 4.55. The van der Waals surface area contributed by atoms with E-state index >= 15 is 0 Å². The summed E-state index contributed by atoms with van der Waals surface area (Å²) in [5.41, 5.74) is 2.80. The SMILES string of the molecule is CS(=O)(=O)NC1Cc2ccc(Cc3cc(CO)cc(C(F)(F)F)c3)cc2C1. The van der Waals surface area contributed by atoms with Crippen LogP contribution in [-0.2, 0) is 42.1 Å². The number of halogens is 3. The van der Waals surface area contributed by atoms with Gasteiger partial charge < -0.3 is 5.11 Å². The highest BCUT2D eigenvalue weighted by Gasteiger charge is 2.31. The van der Waals surface area contributed by atoms with Gasteiger partial charge in [-0.25, -0.2) is 13.1 Å². The lowest BCUT2D eigenvalue weighted by Crippen LogP contribution is -2.34. The standard InChI is InChI=1S/C19H20F3NO3S/c1-27(25,26)23-18-9-15-3-2-12(6-16(15)10-18)4-13-5-14(11-24)8-17(7-13)19(20,21)22/h2-3,5-8,18,23-24H,4,9-11H2,1H3. The normalized spacial score (nSPS) is 17.1. The molecule has 1 unspecified atom stereocenters. The van der Waals surface area contributed by atoms with Gasteiger partial charge in [-0.3, -0.25) is 0 Å². The van der Waals surface area contributed by atoms with E-state index in [0.717, 1.165) is 35.1 Å². The van der Waals surface area contributed by atoms with Gasteiger partial charge in [-0.05, 0) is 59.2 Å². The molecule has 27 heavy (non-hydrogen) atoms. The fraction of sp³-hybridized carbons (Fsp3) is 0.368. The van der Waals surface area contributed by atoms with E-state index < -0.39 is 28.4 Å². The van der Waals surface area contributed by atoms with E-state index in [4.69, 9.17) is 0 Å². The lowest BCUT2D eigenvalue weighted by Gasteiger charge is -2.12. The molecule has 8 heteroatoms. The number of fused-ring (bicyclic) bond motifs is 1. The Kier molecular flexibility index (Phi) is 5.33. The molecule has 0 saturated heterocycles. The van der Waals surface area contributed by atoms with Crippen LogP contribution in [0.15, 0.2) is 36.4 Å². The molecular weight excluding hydrogens is 379 g/mol. The molecule has 146 valence electrons. The summed E-state index contributed by atoms with van der Waals surface area (Å²) in [6, 6.07) is 9.08. The molecule has 0 saturated carbocycles. The van der Waals surface area contributed by atoms with Crippen molar-refractivity contribution in [3.63, 3.8) is 0 Å². The van der Waals surface area contributed by atoms with Crippen molar-refractivity contribution in [2.24, 2.45) is 0 Å². The highest BCUT2D eigenvalue weighted by molar-refractivity contribution is 7.88. The summed E-state index contributed by atoms with van der Waals surface area (Å²) < 4.78 is 64.5. The third kappa shape index (κ3) is 5.09. The molecule has 0 fully saturated rings. The summed E-state index contributed by atoms with van der Waals surface area (Å²) in [6.45, 7) is -0.458. The van der Waals surface area contributed by atoms with E-state index in [1.165, 1.54) is 0 Å². The zero-order chi connectivity index (χ0) is 19.8. The van der Waals surface area contributed by atoms with Gasteiger partial charge >= 0.3 is 6.18 Å². The van der Waals surface area contributed by atoms with Crippen molar-refractivity contribution < 1.29 is 26.7 Å². The van der Waals surface area contributed by atoms with Crippen molar-refractivity contribution in [2.45, 2.75) is 38.1 Å². The van der Waals surface area contributed by atoms with Crippen molar-refractivity contribution >= 4 is 10.0 Å². The summed E-state index contributed by atoms with van der Waals surface area (Å²) in [6.07, 6.45) is -1.90. The molecule has 4 nitrogen and oxygen atoms in total. The molecule has 0 bridgehead atoms. The first-order chi connectivity index (χ1) is 12.5. The molecule has 0 amide bonds. The minimum atomic E-state index is -4.47. The highest BCUT2D eigenvalue weighted by Crippen LogP contribution is 2.32. The van der Waals surface area contributed by atoms with Crippen LogP contribution in [0.25, 0.3) is 0 Å².